The molecular weight excluding hydrogens is 901 g/mol. The van der Waals surface area contributed by atoms with Crippen LogP contribution in [0.25, 0.3) is 0 Å². The summed E-state index contributed by atoms with van der Waals surface area (Å²) in [6.07, 6.45) is 81.4. The molecule has 1 atom stereocenters. The number of carbonyl (C=O) groups excluding carboxylic acids is 3. The molecule has 0 radical (unpaired) electrons. The summed E-state index contributed by atoms with van der Waals surface area (Å²) in [5.41, 5.74) is 0. The average Bonchev–Trinajstić information content (AvgIpc) is 3.39. The van der Waals surface area contributed by atoms with E-state index in [4.69, 9.17) is 14.2 Å². The predicted octanol–water partition coefficient (Wildman–Crippen LogP) is 20.9. The largest absolute Gasteiger partial charge is 0.462 e. The van der Waals surface area contributed by atoms with Crippen LogP contribution in [-0.2, 0) is 28.6 Å². The van der Waals surface area contributed by atoms with E-state index in [9.17, 15) is 14.4 Å². The molecule has 0 N–H and O–H groups in total. The van der Waals surface area contributed by atoms with E-state index >= 15 is 0 Å². The Kier molecular flexibility index (Phi) is 57.8. The second kappa shape index (κ2) is 60.9. The van der Waals surface area contributed by atoms with E-state index in [1.807, 2.05) is 0 Å². The summed E-state index contributed by atoms with van der Waals surface area (Å²) in [6.45, 7) is 6.42. The number of hydrogen-bond acceptors (Lipinski definition) is 6. The van der Waals surface area contributed by atoms with Gasteiger partial charge in [0.15, 0.2) is 6.10 Å². The van der Waals surface area contributed by atoms with E-state index in [0.29, 0.717) is 19.3 Å². The minimum Gasteiger partial charge on any atom is -0.462 e. The van der Waals surface area contributed by atoms with Gasteiger partial charge in [-0.1, -0.05) is 259 Å². The van der Waals surface area contributed by atoms with Gasteiger partial charge in [0.25, 0.3) is 0 Å². The Morgan fingerprint density at radius 3 is 0.945 bits per heavy atom. The summed E-state index contributed by atoms with van der Waals surface area (Å²) < 4.78 is 16.8. The van der Waals surface area contributed by atoms with Gasteiger partial charge >= 0.3 is 17.9 Å². The molecular formula is C67H114O6. The van der Waals surface area contributed by atoms with Gasteiger partial charge in [-0.3, -0.25) is 14.4 Å². The molecule has 0 spiro atoms. The summed E-state index contributed by atoms with van der Waals surface area (Å²) in [5.74, 6) is -0.973. The van der Waals surface area contributed by atoms with Crippen LogP contribution >= 0.6 is 0 Å². The maximum Gasteiger partial charge on any atom is 0.306 e. The van der Waals surface area contributed by atoms with Crippen molar-refractivity contribution in [2.45, 2.75) is 297 Å². The van der Waals surface area contributed by atoms with Gasteiger partial charge in [0.2, 0.25) is 0 Å². The molecule has 418 valence electrons. The molecule has 1 unspecified atom stereocenters. The van der Waals surface area contributed by atoms with Crippen molar-refractivity contribution in [1.29, 1.82) is 0 Å². The lowest BCUT2D eigenvalue weighted by Crippen LogP contribution is -2.30. The first-order chi connectivity index (χ1) is 36.0. The van der Waals surface area contributed by atoms with E-state index in [1.54, 1.807) is 0 Å². The Labute approximate surface area is 451 Å². The maximum atomic E-state index is 12.8. The molecule has 0 aliphatic heterocycles. The highest BCUT2D eigenvalue weighted by Gasteiger charge is 2.19. The van der Waals surface area contributed by atoms with Crippen LogP contribution < -0.4 is 0 Å². The summed E-state index contributed by atoms with van der Waals surface area (Å²) >= 11 is 0. The molecule has 0 aromatic rings. The minimum absolute atomic E-state index is 0.104. The third kappa shape index (κ3) is 59.1. The van der Waals surface area contributed by atoms with Crippen molar-refractivity contribution in [1.82, 2.24) is 0 Å². The zero-order valence-corrected chi connectivity index (χ0v) is 47.9. The minimum atomic E-state index is -0.814. The molecule has 0 aliphatic rings. The predicted molar refractivity (Wildman–Crippen MR) is 316 cm³/mol. The Morgan fingerprint density at radius 2 is 0.575 bits per heavy atom. The third-order valence-corrected chi connectivity index (χ3v) is 13.0. The van der Waals surface area contributed by atoms with Gasteiger partial charge in [0.1, 0.15) is 13.2 Å². The topological polar surface area (TPSA) is 78.9 Å². The Hall–Kier alpha value is -3.67. The molecule has 0 saturated carbocycles. The first-order valence-electron chi connectivity index (χ1n) is 30.7. The first kappa shape index (κ1) is 69.3. The number of ether oxygens (including phenoxy) is 3. The second-order valence-electron chi connectivity index (χ2n) is 20.2. The van der Waals surface area contributed by atoms with E-state index in [1.165, 1.54) is 135 Å². The van der Waals surface area contributed by atoms with Gasteiger partial charge < -0.3 is 14.2 Å². The van der Waals surface area contributed by atoms with Crippen LogP contribution in [0.15, 0.2) is 97.2 Å². The molecule has 0 saturated heterocycles. The van der Waals surface area contributed by atoms with E-state index in [0.717, 1.165) is 109 Å². The summed E-state index contributed by atoms with van der Waals surface area (Å²) in [4.78, 5) is 38.2. The van der Waals surface area contributed by atoms with Crippen molar-refractivity contribution < 1.29 is 28.6 Å². The van der Waals surface area contributed by atoms with Crippen LogP contribution in [-0.4, -0.2) is 37.2 Å². The molecule has 73 heavy (non-hydrogen) atoms. The van der Waals surface area contributed by atoms with Gasteiger partial charge in [-0.2, -0.15) is 0 Å². The summed E-state index contributed by atoms with van der Waals surface area (Å²) in [5, 5.41) is 0. The van der Waals surface area contributed by atoms with Crippen molar-refractivity contribution in [2.75, 3.05) is 13.2 Å². The van der Waals surface area contributed by atoms with Gasteiger partial charge in [-0.25, -0.2) is 0 Å². The zero-order valence-electron chi connectivity index (χ0n) is 47.9. The molecule has 6 heteroatoms. The van der Waals surface area contributed by atoms with E-state index < -0.39 is 6.10 Å². The summed E-state index contributed by atoms with van der Waals surface area (Å²) in [7, 11) is 0. The van der Waals surface area contributed by atoms with Crippen LogP contribution in [0.4, 0.5) is 0 Å². The first-order valence-corrected chi connectivity index (χ1v) is 30.7. The molecule has 0 heterocycles. The van der Waals surface area contributed by atoms with Gasteiger partial charge in [-0.05, 0) is 109 Å². The lowest BCUT2D eigenvalue weighted by atomic mass is 10.0. The molecule has 0 amide bonds. The van der Waals surface area contributed by atoms with Crippen LogP contribution in [0, 0.1) is 0 Å². The fourth-order valence-corrected chi connectivity index (χ4v) is 8.45. The molecule has 6 nitrogen and oxygen atoms in total. The smallest absolute Gasteiger partial charge is 0.306 e. The fourth-order valence-electron chi connectivity index (χ4n) is 8.45. The van der Waals surface area contributed by atoms with Crippen LogP contribution in [0.3, 0.4) is 0 Å². The van der Waals surface area contributed by atoms with Gasteiger partial charge in [-0.15, -0.1) is 0 Å². The van der Waals surface area contributed by atoms with Crippen LogP contribution in [0.1, 0.15) is 290 Å². The van der Waals surface area contributed by atoms with Gasteiger partial charge in [0, 0.05) is 19.3 Å². The Balaban J connectivity index is 4.35. The summed E-state index contributed by atoms with van der Waals surface area (Å²) in [6, 6.07) is 0. The van der Waals surface area contributed by atoms with Gasteiger partial charge in [0.05, 0.1) is 0 Å². The number of rotatable bonds is 55. The van der Waals surface area contributed by atoms with Crippen LogP contribution in [0.5, 0.6) is 0 Å². The Bertz CT molecular complexity index is 1440. The number of carbonyl (C=O) groups is 3. The lowest BCUT2D eigenvalue weighted by molar-refractivity contribution is -0.167. The van der Waals surface area contributed by atoms with Crippen molar-refractivity contribution in [3.05, 3.63) is 97.2 Å². The monoisotopic (exact) mass is 1010 g/mol. The number of hydrogen-bond donors (Lipinski definition) is 0. The number of esters is 3. The van der Waals surface area contributed by atoms with Crippen molar-refractivity contribution in [3.63, 3.8) is 0 Å². The molecule has 0 aromatic heterocycles. The third-order valence-electron chi connectivity index (χ3n) is 13.0. The maximum absolute atomic E-state index is 12.8. The van der Waals surface area contributed by atoms with Crippen molar-refractivity contribution in [2.24, 2.45) is 0 Å². The highest BCUT2D eigenvalue weighted by molar-refractivity contribution is 5.71. The van der Waals surface area contributed by atoms with Crippen molar-refractivity contribution in [3.8, 4) is 0 Å². The highest BCUT2D eigenvalue weighted by atomic mass is 16.6. The van der Waals surface area contributed by atoms with Crippen LogP contribution in [0.2, 0.25) is 0 Å². The molecule has 0 fully saturated rings. The van der Waals surface area contributed by atoms with E-state index in [2.05, 4.69) is 118 Å². The molecule has 0 bridgehead atoms. The lowest BCUT2D eigenvalue weighted by Gasteiger charge is -2.18. The zero-order chi connectivity index (χ0) is 52.9. The Morgan fingerprint density at radius 1 is 0.288 bits per heavy atom. The second-order valence-corrected chi connectivity index (χ2v) is 20.2. The normalized spacial score (nSPS) is 12.8. The quantitative estimate of drug-likeness (QED) is 0.0261. The average molecular weight is 1020 g/mol. The van der Waals surface area contributed by atoms with Crippen molar-refractivity contribution >= 4 is 17.9 Å². The fraction of sp³-hybridized carbons (Fsp3) is 0.716. The SMILES string of the molecule is CC/C=C\C/C=C\C/C=C\C/C=C\C/C=C\CCCC(=O)OC(COC(=O)CCCCCCC/C=C\C/C=C\CCC)COC(=O)CCCCCCCCCCCCCCC/C=C\CCCCCCCCCC. The molecule has 0 rings (SSSR count). The standard InChI is InChI=1S/C67H114O6/c1-4-7-10-13-16-19-22-25-27-29-30-31-32-33-34-35-36-38-39-42-45-48-51-54-57-60-66(69)72-63-64(62-71-65(68)59-56-53-50-47-44-41-24-21-18-15-12-9-6-3)73-67(70)61-58-55-52-49-46-43-40-37-28-26-23-20-17-14-11-8-5-2/h8,11-12,15,17,20-21,24,26,28-30,40,43,49,52,64H,4-7,9-10,13-14,16,18-19,22-23,25,27,31-39,41-42,44-48,50-51,53-63H2,1-3H3/b11-8-,15-12-,20-17-,24-21-,28-26-,30-29-,43-40-,52-49-. The highest BCUT2D eigenvalue weighted by Crippen LogP contribution is 2.16. The van der Waals surface area contributed by atoms with E-state index in [-0.39, 0.29) is 37.5 Å². The number of allylic oxidation sites excluding steroid dienone is 16. The number of unbranched alkanes of at least 4 members (excludes halogenated alkanes) is 28. The molecule has 0 aromatic carbocycles. The molecule has 0 aliphatic carbocycles.